The number of hydrogen-bond donors (Lipinski definition) is 9. The van der Waals surface area contributed by atoms with Gasteiger partial charge in [-0.05, 0) is 25.2 Å². The largest absolute Gasteiger partial charge is 0.480 e. The molecule has 1 aromatic heterocycles. The Morgan fingerprint density at radius 2 is 1.67 bits per heavy atom. The maximum absolute atomic E-state index is 12.9. The maximum atomic E-state index is 12.9. The van der Waals surface area contributed by atoms with Crippen molar-refractivity contribution < 1.29 is 29.4 Å². The molecule has 15 heteroatoms. The zero-order chi connectivity index (χ0) is 27.3. The molecule has 1 heterocycles. The van der Waals surface area contributed by atoms with Gasteiger partial charge in [-0.15, -0.1) is 0 Å². The second-order valence-electron chi connectivity index (χ2n) is 8.67. The number of rotatable bonds is 16. The number of nitrogens with one attached hydrogen (secondary N) is 4. The van der Waals surface area contributed by atoms with Gasteiger partial charge in [0.05, 0.1) is 19.0 Å². The molecule has 0 saturated heterocycles. The molecule has 1 rings (SSSR count). The normalized spacial score (nSPS) is 14.2. The first-order valence-corrected chi connectivity index (χ1v) is 11.5. The predicted molar refractivity (Wildman–Crippen MR) is 130 cm³/mol. The van der Waals surface area contributed by atoms with Crippen molar-refractivity contribution in [3.63, 3.8) is 0 Å². The van der Waals surface area contributed by atoms with Gasteiger partial charge in [0.25, 0.3) is 0 Å². The van der Waals surface area contributed by atoms with Crippen LogP contribution in [-0.4, -0.2) is 87.2 Å². The lowest BCUT2D eigenvalue weighted by Crippen LogP contribution is -2.58. The first-order chi connectivity index (χ1) is 16.9. The van der Waals surface area contributed by atoms with Gasteiger partial charge in [-0.1, -0.05) is 13.8 Å². The Kier molecular flexibility index (Phi) is 12.9. The number of aliphatic hydroxyl groups excluding tert-OH is 1. The quantitative estimate of drug-likeness (QED) is 0.0613. The van der Waals surface area contributed by atoms with E-state index in [0.29, 0.717) is 12.1 Å². The van der Waals surface area contributed by atoms with E-state index in [2.05, 4.69) is 30.9 Å². The van der Waals surface area contributed by atoms with Gasteiger partial charge in [-0.3, -0.25) is 19.4 Å². The van der Waals surface area contributed by atoms with Gasteiger partial charge in [-0.2, -0.15) is 0 Å². The number of aromatic amines is 1. The molecule has 3 amide bonds. The third-order valence-corrected chi connectivity index (χ3v) is 5.05. The van der Waals surface area contributed by atoms with Crippen molar-refractivity contribution in [3.05, 3.63) is 18.2 Å². The molecule has 4 atom stereocenters. The fourth-order valence-corrected chi connectivity index (χ4v) is 3.19. The van der Waals surface area contributed by atoms with Crippen LogP contribution < -0.4 is 33.2 Å². The molecule has 0 fully saturated rings. The topological polar surface area (TPSA) is 264 Å². The Balaban J connectivity index is 2.86. The molecule has 0 spiro atoms. The number of carboxylic acid groups (broad SMARTS) is 1. The number of carboxylic acids is 1. The highest BCUT2D eigenvalue weighted by Crippen LogP contribution is 2.07. The van der Waals surface area contributed by atoms with Crippen molar-refractivity contribution in [1.29, 1.82) is 0 Å². The second-order valence-corrected chi connectivity index (χ2v) is 8.67. The van der Waals surface area contributed by atoms with Crippen molar-refractivity contribution >= 4 is 29.7 Å². The van der Waals surface area contributed by atoms with E-state index in [-0.39, 0.29) is 37.7 Å². The lowest BCUT2D eigenvalue weighted by Gasteiger charge is -2.24. The second kappa shape index (κ2) is 15.3. The van der Waals surface area contributed by atoms with Gasteiger partial charge in [0.2, 0.25) is 17.7 Å². The van der Waals surface area contributed by atoms with Crippen molar-refractivity contribution in [2.45, 2.75) is 63.7 Å². The summed E-state index contributed by atoms with van der Waals surface area (Å²) < 4.78 is 0. The van der Waals surface area contributed by atoms with Gasteiger partial charge in [0.1, 0.15) is 18.1 Å². The monoisotopic (exact) mass is 511 g/mol. The van der Waals surface area contributed by atoms with Crippen molar-refractivity contribution in [2.75, 3.05) is 13.2 Å². The fraction of sp³-hybridized carbons (Fsp3) is 0.619. The fourth-order valence-electron chi connectivity index (χ4n) is 3.19. The smallest absolute Gasteiger partial charge is 0.326 e. The van der Waals surface area contributed by atoms with Crippen LogP contribution in [0.2, 0.25) is 0 Å². The number of hydrogen-bond acceptors (Lipinski definition) is 8. The van der Waals surface area contributed by atoms with Crippen LogP contribution in [0.4, 0.5) is 0 Å². The molecule has 202 valence electrons. The number of nitrogens with two attached hydrogens (primary N) is 3. The Labute approximate surface area is 208 Å². The number of aliphatic carboxylic acids is 1. The van der Waals surface area contributed by atoms with Crippen LogP contribution in [0.5, 0.6) is 0 Å². The third kappa shape index (κ3) is 11.1. The molecule has 12 N–H and O–H groups in total. The number of aliphatic imine (C=N–C) groups is 1. The van der Waals surface area contributed by atoms with Crippen LogP contribution in [0.3, 0.4) is 0 Å². The molecule has 1 aromatic rings. The Bertz CT molecular complexity index is 886. The van der Waals surface area contributed by atoms with Crippen LogP contribution in [0.1, 0.15) is 38.8 Å². The molecule has 36 heavy (non-hydrogen) atoms. The van der Waals surface area contributed by atoms with E-state index in [1.807, 2.05) is 13.8 Å². The number of guanidine groups is 1. The standard InChI is InChI=1S/C21H37N9O6/c1-11(2)6-15(20(35)36)29-18(33)14(7-12-8-25-10-27-12)28-19(34)16(9-31)30-17(32)13(22)4-3-5-26-21(23)24/h8,10-11,13-16,31H,3-7,9,22H2,1-2H3,(H,25,27)(H,28,34)(H,29,33)(H,30,32)(H,35,36)(H4,23,24,26). The maximum Gasteiger partial charge on any atom is 0.326 e. The molecular weight excluding hydrogens is 474 g/mol. The molecule has 4 unspecified atom stereocenters. The minimum atomic E-state index is -1.40. The summed E-state index contributed by atoms with van der Waals surface area (Å²) in [7, 11) is 0. The van der Waals surface area contributed by atoms with Gasteiger partial charge < -0.3 is 48.3 Å². The average Bonchev–Trinajstić information content (AvgIpc) is 3.31. The molecule has 15 nitrogen and oxygen atoms in total. The molecule has 0 aliphatic heterocycles. The van der Waals surface area contributed by atoms with E-state index in [9.17, 15) is 29.4 Å². The molecule has 0 aliphatic carbocycles. The first kappa shape index (κ1) is 30.3. The van der Waals surface area contributed by atoms with Crippen LogP contribution in [-0.2, 0) is 25.6 Å². The minimum Gasteiger partial charge on any atom is -0.480 e. The summed E-state index contributed by atoms with van der Waals surface area (Å²) in [5.74, 6) is -3.59. The summed E-state index contributed by atoms with van der Waals surface area (Å²) in [5.41, 5.74) is 16.8. The molecule has 0 aliphatic rings. The number of carbonyl (C=O) groups is 4. The number of aliphatic hydroxyl groups is 1. The lowest BCUT2D eigenvalue weighted by atomic mass is 10.0. The van der Waals surface area contributed by atoms with Gasteiger partial charge in [-0.25, -0.2) is 9.78 Å². The number of imidazole rings is 1. The van der Waals surface area contributed by atoms with Crippen molar-refractivity contribution in [1.82, 2.24) is 25.9 Å². The third-order valence-electron chi connectivity index (χ3n) is 5.05. The van der Waals surface area contributed by atoms with Crippen LogP contribution in [0, 0.1) is 5.92 Å². The molecule has 0 bridgehead atoms. The van der Waals surface area contributed by atoms with E-state index < -0.39 is 54.5 Å². The summed E-state index contributed by atoms with van der Waals surface area (Å²) in [4.78, 5) is 60.1. The van der Waals surface area contributed by atoms with E-state index in [4.69, 9.17) is 17.2 Å². The number of H-pyrrole nitrogens is 1. The zero-order valence-corrected chi connectivity index (χ0v) is 20.4. The first-order valence-electron chi connectivity index (χ1n) is 11.5. The number of nitrogens with zero attached hydrogens (tertiary/aromatic N) is 2. The number of carbonyl (C=O) groups excluding carboxylic acids is 3. The van der Waals surface area contributed by atoms with Gasteiger partial charge in [0, 0.05) is 24.9 Å². The summed E-state index contributed by atoms with van der Waals surface area (Å²) >= 11 is 0. The lowest BCUT2D eigenvalue weighted by molar-refractivity contribution is -0.142. The van der Waals surface area contributed by atoms with Gasteiger partial charge in [0.15, 0.2) is 5.96 Å². The summed E-state index contributed by atoms with van der Waals surface area (Å²) in [6.45, 7) is 3.13. The van der Waals surface area contributed by atoms with E-state index >= 15 is 0 Å². The Hall–Kier alpha value is -3.72. The van der Waals surface area contributed by atoms with Crippen LogP contribution in [0.25, 0.3) is 0 Å². The SMILES string of the molecule is CC(C)CC(NC(=O)C(Cc1cnc[nH]1)NC(=O)C(CO)NC(=O)C(N)CCCN=C(N)N)C(=O)O. The highest BCUT2D eigenvalue weighted by molar-refractivity contribution is 5.94. The molecular formula is C21H37N9O6. The van der Waals surface area contributed by atoms with Crippen LogP contribution in [0.15, 0.2) is 17.5 Å². The van der Waals surface area contributed by atoms with Gasteiger partial charge >= 0.3 is 5.97 Å². The molecule has 0 saturated carbocycles. The summed E-state index contributed by atoms with van der Waals surface area (Å²) in [5, 5.41) is 26.4. The van der Waals surface area contributed by atoms with Crippen molar-refractivity contribution in [3.8, 4) is 0 Å². The molecule has 0 aromatic carbocycles. The predicted octanol–water partition coefficient (Wildman–Crippen LogP) is -3.09. The van der Waals surface area contributed by atoms with E-state index in [1.165, 1.54) is 12.5 Å². The Morgan fingerprint density at radius 1 is 1.06 bits per heavy atom. The number of amides is 3. The van der Waals surface area contributed by atoms with E-state index in [1.54, 1.807) is 0 Å². The summed E-state index contributed by atoms with van der Waals surface area (Å²) in [6.07, 6.45) is 3.61. The number of aromatic nitrogens is 2. The average molecular weight is 512 g/mol. The highest BCUT2D eigenvalue weighted by atomic mass is 16.4. The molecule has 0 radical (unpaired) electrons. The highest BCUT2D eigenvalue weighted by Gasteiger charge is 2.30. The van der Waals surface area contributed by atoms with Crippen LogP contribution >= 0.6 is 0 Å². The van der Waals surface area contributed by atoms with E-state index in [0.717, 1.165) is 0 Å². The summed E-state index contributed by atoms with van der Waals surface area (Å²) in [6, 6.07) is -4.77. The zero-order valence-electron chi connectivity index (χ0n) is 20.4. The minimum absolute atomic E-state index is 0.00953. The van der Waals surface area contributed by atoms with Crippen molar-refractivity contribution in [2.24, 2.45) is 28.1 Å². The Morgan fingerprint density at radius 3 is 2.19 bits per heavy atom.